The van der Waals surface area contributed by atoms with E-state index in [-0.39, 0.29) is 29.4 Å². The van der Waals surface area contributed by atoms with Gasteiger partial charge in [0.2, 0.25) is 5.91 Å². The van der Waals surface area contributed by atoms with Crippen molar-refractivity contribution < 1.29 is 41.1 Å². The van der Waals surface area contributed by atoms with E-state index in [9.17, 15) is 26.4 Å². The third-order valence-corrected chi connectivity index (χ3v) is 8.23. The minimum Gasteiger partial charge on any atom is -0.457 e. The molecule has 2 atom stereocenters. The van der Waals surface area contributed by atoms with Crippen molar-refractivity contribution in [1.29, 1.82) is 0 Å². The van der Waals surface area contributed by atoms with Crippen molar-refractivity contribution in [3.8, 4) is 17.2 Å². The first-order chi connectivity index (χ1) is 16.1. The molecule has 1 aliphatic carbocycles. The van der Waals surface area contributed by atoms with E-state index in [1.165, 1.54) is 36.4 Å². The first kappa shape index (κ1) is 24.3. The predicted molar refractivity (Wildman–Crippen MR) is 113 cm³/mol. The first-order valence-corrected chi connectivity index (χ1v) is 12.2. The number of amides is 1. The Balaban J connectivity index is 1.46. The summed E-state index contributed by atoms with van der Waals surface area (Å²) in [5, 5.41) is 8.15. The third kappa shape index (κ3) is 5.62. The molecule has 8 nitrogen and oxygen atoms in total. The summed E-state index contributed by atoms with van der Waals surface area (Å²) in [5.41, 5.74) is 1.60. The maximum absolute atomic E-state index is 13.3. The van der Waals surface area contributed by atoms with Gasteiger partial charge in [-0.25, -0.2) is 13.9 Å². The van der Waals surface area contributed by atoms with Crippen molar-refractivity contribution in [2.24, 2.45) is 5.92 Å². The third-order valence-electron chi connectivity index (χ3n) is 5.93. The van der Waals surface area contributed by atoms with E-state index in [2.05, 4.69) is 9.64 Å². The van der Waals surface area contributed by atoms with E-state index in [1.54, 1.807) is 5.48 Å². The standard InChI is InChI=1S/C22H23F3N2O6S/c23-22(24,25)33-17-5-3-15(4-6-17)32-16-7-9-18(10-8-16)34(30,31)20-11-12-27(14-1-2-14)13-19(20)21(28)26-29/h3-10,14,19-20,29H,1-2,11-13H2,(H,26,28). The summed E-state index contributed by atoms with van der Waals surface area (Å²) in [6.45, 7) is 0.815. The molecule has 4 rings (SSSR count). The van der Waals surface area contributed by atoms with E-state index in [0.29, 0.717) is 12.6 Å². The molecule has 2 unspecified atom stereocenters. The highest BCUT2D eigenvalue weighted by atomic mass is 32.2. The monoisotopic (exact) mass is 500 g/mol. The van der Waals surface area contributed by atoms with Crippen molar-refractivity contribution in [2.75, 3.05) is 13.1 Å². The van der Waals surface area contributed by atoms with Crippen LogP contribution in [0.2, 0.25) is 0 Å². The number of halogens is 3. The Morgan fingerprint density at radius 1 is 0.971 bits per heavy atom. The van der Waals surface area contributed by atoms with Crippen LogP contribution in [-0.4, -0.2) is 55.2 Å². The largest absolute Gasteiger partial charge is 0.573 e. The molecule has 1 saturated carbocycles. The summed E-state index contributed by atoms with van der Waals surface area (Å²) in [6.07, 6.45) is -2.49. The maximum Gasteiger partial charge on any atom is 0.573 e. The number of likely N-dealkylation sites (tertiary alicyclic amines) is 1. The molecular weight excluding hydrogens is 477 g/mol. The Morgan fingerprint density at radius 2 is 1.53 bits per heavy atom. The average molecular weight is 500 g/mol. The zero-order valence-electron chi connectivity index (χ0n) is 17.9. The summed E-state index contributed by atoms with van der Waals surface area (Å²) in [7, 11) is -3.88. The van der Waals surface area contributed by atoms with Crippen LogP contribution in [0.1, 0.15) is 19.3 Å². The minimum absolute atomic E-state index is 0.00869. The minimum atomic E-state index is -4.80. The van der Waals surface area contributed by atoms with Crippen molar-refractivity contribution >= 4 is 15.7 Å². The van der Waals surface area contributed by atoms with Crippen LogP contribution in [0.15, 0.2) is 53.4 Å². The molecular formula is C22H23F3N2O6S. The number of piperidine rings is 1. The van der Waals surface area contributed by atoms with Crippen LogP contribution < -0.4 is 15.0 Å². The van der Waals surface area contributed by atoms with Gasteiger partial charge in [-0.1, -0.05) is 0 Å². The number of carbonyl (C=O) groups excluding carboxylic acids is 1. The van der Waals surface area contributed by atoms with Crippen LogP contribution in [0.4, 0.5) is 13.2 Å². The highest BCUT2D eigenvalue weighted by molar-refractivity contribution is 7.92. The van der Waals surface area contributed by atoms with Gasteiger partial charge in [-0.3, -0.25) is 14.9 Å². The first-order valence-electron chi connectivity index (χ1n) is 10.6. The zero-order valence-corrected chi connectivity index (χ0v) is 18.7. The molecule has 1 aliphatic heterocycles. The molecule has 2 N–H and O–H groups in total. The molecule has 1 heterocycles. The normalized spacial score (nSPS) is 21.6. The number of hydrogen-bond donors (Lipinski definition) is 2. The fourth-order valence-corrected chi connectivity index (χ4v) is 6.07. The second-order valence-corrected chi connectivity index (χ2v) is 10.4. The van der Waals surface area contributed by atoms with Crippen LogP contribution in [0.3, 0.4) is 0 Å². The second kappa shape index (κ2) is 9.43. The van der Waals surface area contributed by atoms with Gasteiger partial charge in [-0.05, 0) is 74.3 Å². The summed E-state index contributed by atoms with van der Waals surface area (Å²) in [6, 6.07) is 10.7. The average Bonchev–Trinajstić information content (AvgIpc) is 3.64. The van der Waals surface area contributed by atoms with Gasteiger partial charge in [-0.15, -0.1) is 13.2 Å². The molecule has 12 heteroatoms. The van der Waals surface area contributed by atoms with Crippen molar-refractivity contribution in [3.63, 3.8) is 0 Å². The number of rotatable bonds is 7. The van der Waals surface area contributed by atoms with Gasteiger partial charge < -0.3 is 9.47 Å². The summed E-state index contributed by atoms with van der Waals surface area (Å²) >= 11 is 0. The number of hydroxylamine groups is 1. The molecule has 2 fully saturated rings. The topological polar surface area (TPSA) is 105 Å². The Morgan fingerprint density at radius 3 is 2.06 bits per heavy atom. The molecule has 2 aromatic carbocycles. The van der Waals surface area contributed by atoms with Crippen molar-refractivity contribution in [1.82, 2.24) is 10.4 Å². The van der Waals surface area contributed by atoms with Crippen LogP contribution in [0, 0.1) is 5.92 Å². The smallest absolute Gasteiger partial charge is 0.457 e. The van der Waals surface area contributed by atoms with Crippen molar-refractivity contribution in [2.45, 2.75) is 41.8 Å². The number of nitrogens with one attached hydrogen (secondary N) is 1. The molecule has 2 aliphatic rings. The maximum atomic E-state index is 13.3. The highest BCUT2D eigenvalue weighted by Gasteiger charge is 2.45. The fraction of sp³-hybridized carbons (Fsp3) is 0.409. The molecule has 184 valence electrons. The molecule has 1 saturated heterocycles. The molecule has 0 radical (unpaired) electrons. The lowest BCUT2D eigenvalue weighted by Crippen LogP contribution is -2.52. The highest BCUT2D eigenvalue weighted by Crippen LogP contribution is 2.36. The number of benzene rings is 2. The second-order valence-electron chi connectivity index (χ2n) is 8.27. The van der Waals surface area contributed by atoms with Gasteiger partial charge in [0.1, 0.15) is 17.2 Å². The molecule has 0 spiro atoms. The lowest BCUT2D eigenvalue weighted by molar-refractivity contribution is -0.274. The van der Waals surface area contributed by atoms with Crippen LogP contribution in [0.5, 0.6) is 17.2 Å². The van der Waals surface area contributed by atoms with Gasteiger partial charge in [0.05, 0.1) is 16.1 Å². The number of sulfone groups is 1. The fourth-order valence-electron chi connectivity index (χ4n) is 4.15. The van der Waals surface area contributed by atoms with Gasteiger partial charge in [0.15, 0.2) is 9.84 Å². The summed E-state index contributed by atoms with van der Waals surface area (Å²) in [5.74, 6) is -1.51. The number of nitrogens with zero attached hydrogens (tertiary/aromatic N) is 1. The Kier molecular flexibility index (Phi) is 6.74. The van der Waals surface area contributed by atoms with Gasteiger partial charge >= 0.3 is 6.36 Å². The van der Waals surface area contributed by atoms with E-state index in [0.717, 1.165) is 25.0 Å². The van der Waals surface area contributed by atoms with E-state index in [1.807, 2.05) is 0 Å². The Hall–Kier alpha value is -2.83. The Bertz CT molecular complexity index is 1120. The number of hydrogen-bond acceptors (Lipinski definition) is 7. The van der Waals surface area contributed by atoms with E-state index >= 15 is 0 Å². The van der Waals surface area contributed by atoms with Gasteiger partial charge in [0.25, 0.3) is 0 Å². The Labute approximate surface area is 194 Å². The molecule has 34 heavy (non-hydrogen) atoms. The van der Waals surface area contributed by atoms with E-state index in [4.69, 9.17) is 9.94 Å². The van der Waals surface area contributed by atoms with Crippen LogP contribution >= 0.6 is 0 Å². The van der Waals surface area contributed by atoms with Crippen LogP contribution in [0.25, 0.3) is 0 Å². The number of carbonyl (C=O) groups is 1. The summed E-state index contributed by atoms with van der Waals surface area (Å²) in [4.78, 5) is 14.4. The van der Waals surface area contributed by atoms with Crippen molar-refractivity contribution in [3.05, 3.63) is 48.5 Å². The SMILES string of the molecule is O=C(NO)C1CN(C2CC2)CCC1S(=O)(=O)c1ccc(Oc2ccc(OC(F)(F)F)cc2)cc1. The molecule has 0 aromatic heterocycles. The summed E-state index contributed by atoms with van der Waals surface area (Å²) < 4.78 is 72.8. The van der Waals surface area contributed by atoms with E-state index < -0.39 is 39.0 Å². The lowest BCUT2D eigenvalue weighted by Gasteiger charge is -2.37. The molecule has 1 amide bonds. The van der Waals surface area contributed by atoms with Gasteiger partial charge in [0, 0.05) is 12.6 Å². The zero-order chi connectivity index (χ0) is 24.5. The predicted octanol–water partition coefficient (Wildman–Crippen LogP) is 3.51. The lowest BCUT2D eigenvalue weighted by atomic mass is 9.96. The van der Waals surface area contributed by atoms with Gasteiger partial charge in [-0.2, -0.15) is 0 Å². The number of alkyl halides is 3. The quantitative estimate of drug-likeness (QED) is 0.443. The molecule has 0 bridgehead atoms. The number of ether oxygens (including phenoxy) is 2. The van der Waals surface area contributed by atoms with Crippen LogP contribution in [-0.2, 0) is 14.6 Å². The molecule has 2 aromatic rings.